The molecule has 0 radical (unpaired) electrons. The van der Waals surface area contributed by atoms with Crippen molar-refractivity contribution in [1.82, 2.24) is 5.32 Å². The predicted octanol–water partition coefficient (Wildman–Crippen LogP) is 5.36. The molecule has 0 fully saturated rings. The molecule has 2 aromatic carbocycles. The predicted molar refractivity (Wildman–Crippen MR) is 140 cm³/mol. The molecule has 0 unspecified atom stereocenters. The molecule has 1 N–H and O–H groups in total. The number of alkyl carbamates (subject to hydrolysis) is 1. The van der Waals surface area contributed by atoms with Gasteiger partial charge in [-0.15, -0.1) is 0 Å². The Hall–Kier alpha value is -3.55. The van der Waals surface area contributed by atoms with Crippen LogP contribution in [0.15, 0.2) is 54.6 Å². The van der Waals surface area contributed by atoms with Crippen LogP contribution in [0.5, 0.6) is 5.75 Å². The van der Waals surface area contributed by atoms with Crippen molar-refractivity contribution in [3.05, 3.63) is 65.7 Å². The van der Waals surface area contributed by atoms with Crippen LogP contribution in [0.25, 0.3) is 0 Å². The van der Waals surface area contributed by atoms with Gasteiger partial charge >= 0.3 is 18.0 Å². The van der Waals surface area contributed by atoms with E-state index >= 15 is 0 Å². The zero-order valence-electron chi connectivity index (χ0n) is 23.0. The normalized spacial score (nSPS) is 12.8. The van der Waals surface area contributed by atoms with E-state index < -0.39 is 40.9 Å². The van der Waals surface area contributed by atoms with E-state index in [0.29, 0.717) is 5.75 Å². The lowest BCUT2D eigenvalue weighted by atomic mass is 10.0. The lowest BCUT2D eigenvalue weighted by molar-refractivity contribution is -0.171. The van der Waals surface area contributed by atoms with E-state index in [0.717, 1.165) is 11.1 Å². The van der Waals surface area contributed by atoms with Crippen LogP contribution >= 0.6 is 0 Å². The van der Waals surface area contributed by atoms with Gasteiger partial charge < -0.3 is 24.3 Å². The number of hydrogen-bond donors (Lipinski definition) is 1. The van der Waals surface area contributed by atoms with Crippen molar-refractivity contribution in [2.24, 2.45) is 0 Å². The molecule has 8 nitrogen and oxygen atoms in total. The first-order valence-electron chi connectivity index (χ1n) is 12.3. The van der Waals surface area contributed by atoms with Gasteiger partial charge in [0, 0.05) is 6.42 Å². The molecule has 1 amide bonds. The van der Waals surface area contributed by atoms with E-state index in [2.05, 4.69) is 5.32 Å². The van der Waals surface area contributed by atoms with Gasteiger partial charge in [0.15, 0.2) is 5.60 Å². The zero-order valence-corrected chi connectivity index (χ0v) is 23.0. The minimum atomic E-state index is -1.20. The van der Waals surface area contributed by atoms with Gasteiger partial charge in [-0.05, 0) is 78.6 Å². The maximum absolute atomic E-state index is 12.8. The summed E-state index contributed by atoms with van der Waals surface area (Å²) in [6.07, 6.45) is -0.552. The Morgan fingerprint density at radius 2 is 1.32 bits per heavy atom. The molecule has 0 aromatic heterocycles. The molecular weight excluding hydrogens is 474 g/mol. The average molecular weight is 514 g/mol. The largest absolute Gasteiger partial charge is 0.476 e. The van der Waals surface area contributed by atoms with E-state index in [1.807, 2.05) is 30.3 Å². The maximum atomic E-state index is 12.8. The molecule has 2 aromatic rings. The summed E-state index contributed by atoms with van der Waals surface area (Å²) in [6.45, 7) is 14.0. The lowest BCUT2D eigenvalue weighted by Crippen LogP contribution is -2.45. The second-order valence-corrected chi connectivity index (χ2v) is 11.3. The molecule has 0 saturated carbocycles. The topological polar surface area (TPSA) is 100 Å². The third kappa shape index (κ3) is 10.9. The Kier molecular flexibility index (Phi) is 9.73. The van der Waals surface area contributed by atoms with Gasteiger partial charge in [-0.25, -0.2) is 14.4 Å². The van der Waals surface area contributed by atoms with E-state index in [-0.39, 0.29) is 13.0 Å². The van der Waals surface area contributed by atoms with Gasteiger partial charge in [-0.3, -0.25) is 0 Å². The number of carbonyl (C=O) groups is 3. The Morgan fingerprint density at radius 1 is 0.757 bits per heavy atom. The van der Waals surface area contributed by atoms with Crippen LogP contribution in [-0.4, -0.2) is 40.9 Å². The first-order valence-corrected chi connectivity index (χ1v) is 12.3. The molecule has 0 heterocycles. The second-order valence-electron chi connectivity index (χ2n) is 11.3. The molecule has 0 spiro atoms. The van der Waals surface area contributed by atoms with Crippen LogP contribution in [0.1, 0.15) is 66.5 Å². The minimum absolute atomic E-state index is 0.0766. The standard InChI is InChI=1S/C29H39NO7/c1-27(2,3)36-24(31)23(30-26(33)34-19-21-12-10-9-11-13-21)18-20-14-16-22(17-15-20)35-29(7,8)25(32)37-28(4,5)6/h9-17,23H,18-19H2,1-8H3,(H,30,33)/t23-/m0/s1. The quantitative estimate of drug-likeness (QED) is 0.356. The monoisotopic (exact) mass is 513 g/mol. The summed E-state index contributed by atoms with van der Waals surface area (Å²) in [4.78, 5) is 37.8. The number of nitrogens with one attached hydrogen (secondary N) is 1. The lowest BCUT2D eigenvalue weighted by Gasteiger charge is -2.29. The van der Waals surface area contributed by atoms with Crippen molar-refractivity contribution < 1.29 is 33.3 Å². The number of esters is 2. The first-order chi connectivity index (χ1) is 17.0. The molecule has 0 bridgehead atoms. The highest BCUT2D eigenvalue weighted by molar-refractivity contribution is 5.82. The molecule has 1 atom stereocenters. The summed E-state index contributed by atoms with van der Waals surface area (Å²) < 4.78 is 22.1. The molecule has 0 aliphatic heterocycles. The van der Waals surface area contributed by atoms with Gasteiger partial charge in [-0.1, -0.05) is 42.5 Å². The van der Waals surface area contributed by atoms with Crippen molar-refractivity contribution >= 4 is 18.0 Å². The van der Waals surface area contributed by atoms with Crippen molar-refractivity contribution in [3.8, 4) is 5.75 Å². The van der Waals surface area contributed by atoms with Crippen LogP contribution < -0.4 is 10.1 Å². The minimum Gasteiger partial charge on any atom is -0.476 e. The molecule has 8 heteroatoms. The molecule has 37 heavy (non-hydrogen) atoms. The SMILES string of the molecule is CC(C)(C)OC(=O)[C@H](Cc1ccc(OC(C)(C)C(=O)OC(C)(C)C)cc1)NC(=O)OCc1ccccc1. The second kappa shape index (κ2) is 12.1. The number of carbonyl (C=O) groups excluding carboxylic acids is 3. The molecule has 0 saturated heterocycles. The summed E-state index contributed by atoms with van der Waals surface area (Å²) in [6, 6.07) is 15.2. The highest BCUT2D eigenvalue weighted by Crippen LogP contribution is 2.23. The summed E-state index contributed by atoms with van der Waals surface area (Å²) in [7, 11) is 0. The third-order valence-electron chi connectivity index (χ3n) is 4.82. The van der Waals surface area contributed by atoms with E-state index in [1.165, 1.54) is 0 Å². The van der Waals surface area contributed by atoms with Crippen molar-refractivity contribution in [2.75, 3.05) is 0 Å². The fourth-order valence-electron chi connectivity index (χ4n) is 3.14. The van der Waals surface area contributed by atoms with Gasteiger partial charge in [-0.2, -0.15) is 0 Å². The number of rotatable bonds is 9. The zero-order chi connectivity index (χ0) is 27.9. The maximum Gasteiger partial charge on any atom is 0.408 e. The van der Waals surface area contributed by atoms with Crippen molar-refractivity contribution in [1.29, 1.82) is 0 Å². The molecule has 0 aliphatic rings. The molecule has 202 valence electrons. The van der Waals surface area contributed by atoms with E-state index in [9.17, 15) is 14.4 Å². The van der Waals surface area contributed by atoms with Crippen LogP contribution in [0.4, 0.5) is 4.79 Å². The Labute approximate surface area is 219 Å². The first kappa shape index (κ1) is 29.7. The van der Waals surface area contributed by atoms with Crippen molar-refractivity contribution in [2.45, 2.75) is 91.3 Å². The van der Waals surface area contributed by atoms with Gasteiger partial charge in [0.05, 0.1) is 0 Å². The molecule has 2 rings (SSSR count). The summed E-state index contributed by atoms with van der Waals surface area (Å²) in [5, 5.41) is 2.62. The number of amides is 1. The highest BCUT2D eigenvalue weighted by Gasteiger charge is 2.35. The third-order valence-corrected chi connectivity index (χ3v) is 4.82. The van der Waals surface area contributed by atoms with Crippen LogP contribution in [0.2, 0.25) is 0 Å². The summed E-state index contributed by atoms with van der Waals surface area (Å²) >= 11 is 0. The Balaban J connectivity index is 2.08. The van der Waals surface area contributed by atoms with Gasteiger partial charge in [0.1, 0.15) is 29.6 Å². The van der Waals surface area contributed by atoms with Gasteiger partial charge in [0.25, 0.3) is 0 Å². The molecular formula is C29H39NO7. The number of benzene rings is 2. The fourth-order valence-corrected chi connectivity index (χ4v) is 3.14. The van der Waals surface area contributed by atoms with Gasteiger partial charge in [0.2, 0.25) is 0 Å². The summed E-state index contributed by atoms with van der Waals surface area (Å²) in [5.74, 6) is -0.591. The smallest absolute Gasteiger partial charge is 0.408 e. The van der Waals surface area contributed by atoms with Crippen LogP contribution in [0, 0.1) is 0 Å². The average Bonchev–Trinajstić information content (AvgIpc) is 2.76. The van der Waals surface area contributed by atoms with E-state index in [1.54, 1.807) is 79.7 Å². The highest BCUT2D eigenvalue weighted by atomic mass is 16.6. The van der Waals surface area contributed by atoms with Crippen LogP contribution in [0.3, 0.4) is 0 Å². The Bertz CT molecular complexity index is 1050. The van der Waals surface area contributed by atoms with Crippen molar-refractivity contribution in [3.63, 3.8) is 0 Å². The molecule has 0 aliphatic carbocycles. The van der Waals surface area contributed by atoms with Crippen LogP contribution in [-0.2, 0) is 36.8 Å². The number of ether oxygens (including phenoxy) is 4. The summed E-state index contributed by atoms with van der Waals surface area (Å²) in [5.41, 5.74) is -0.973. The van der Waals surface area contributed by atoms with E-state index in [4.69, 9.17) is 18.9 Å². The Morgan fingerprint density at radius 3 is 1.86 bits per heavy atom. The fraction of sp³-hybridized carbons (Fsp3) is 0.483. The number of hydrogen-bond acceptors (Lipinski definition) is 7.